The second-order valence-corrected chi connectivity index (χ2v) is 7.86. The normalized spacial score (nSPS) is 17.7. The van der Waals surface area contributed by atoms with Gasteiger partial charge in [-0.2, -0.15) is 11.8 Å². The Kier molecular flexibility index (Phi) is 10.5. The number of nitrogens with zero attached hydrogens (tertiary/aromatic N) is 2. The topological polar surface area (TPSA) is 46.1 Å². The summed E-state index contributed by atoms with van der Waals surface area (Å²) in [5, 5.41) is 4.19. The summed E-state index contributed by atoms with van der Waals surface area (Å²) in [7, 11) is 5.19. The molecule has 2 rings (SSSR count). The molecule has 0 amide bonds. The summed E-state index contributed by atoms with van der Waals surface area (Å²) < 4.78 is 10.7. The summed E-state index contributed by atoms with van der Waals surface area (Å²) in [4.78, 5) is 6.86. The highest BCUT2D eigenvalue weighted by molar-refractivity contribution is 14.0. The van der Waals surface area contributed by atoms with Gasteiger partial charge in [-0.25, -0.2) is 0 Å². The van der Waals surface area contributed by atoms with Crippen LogP contribution in [0.1, 0.15) is 19.4 Å². The molecule has 1 aliphatic rings. The molecule has 1 saturated heterocycles. The van der Waals surface area contributed by atoms with Gasteiger partial charge in [-0.3, -0.25) is 4.99 Å². The van der Waals surface area contributed by atoms with Crippen LogP contribution in [0.4, 0.5) is 0 Å². The van der Waals surface area contributed by atoms with E-state index in [1.165, 1.54) is 11.3 Å². The van der Waals surface area contributed by atoms with Crippen molar-refractivity contribution in [3.8, 4) is 11.5 Å². The molecule has 1 aliphatic heterocycles. The highest BCUT2D eigenvalue weighted by atomic mass is 127. The lowest BCUT2D eigenvalue weighted by Crippen LogP contribution is -2.49. The molecular weight excluding hydrogens is 461 g/mol. The third-order valence-corrected chi connectivity index (χ3v) is 6.03. The standard InChI is InChI=1S/C19H31N3O2S.HI/c1-14(2)18-13-22(10-11-25-18)19(20-3)21-9-8-15-6-7-16(23-4)17(12-15)24-5;/h6-7,12,14,18H,8-11,13H2,1-5H3,(H,20,21);1H. The van der Waals surface area contributed by atoms with Crippen molar-refractivity contribution in [2.45, 2.75) is 25.5 Å². The van der Waals surface area contributed by atoms with Crippen molar-refractivity contribution in [1.29, 1.82) is 0 Å². The molecule has 1 heterocycles. The zero-order valence-corrected chi connectivity index (χ0v) is 19.6. The average molecular weight is 493 g/mol. The van der Waals surface area contributed by atoms with Gasteiger partial charge in [0.25, 0.3) is 0 Å². The Morgan fingerprint density at radius 3 is 2.65 bits per heavy atom. The fraction of sp³-hybridized carbons (Fsp3) is 0.632. The Bertz CT molecular complexity index is 584. The van der Waals surface area contributed by atoms with Crippen molar-refractivity contribution in [3.63, 3.8) is 0 Å². The van der Waals surface area contributed by atoms with Gasteiger partial charge in [0, 0.05) is 37.7 Å². The van der Waals surface area contributed by atoms with Crippen LogP contribution < -0.4 is 14.8 Å². The first kappa shape index (κ1) is 23.2. The predicted molar refractivity (Wildman–Crippen MR) is 123 cm³/mol. The minimum Gasteiger partial charge on any atom is -0.493 e. The van der Waals surface area contributed by atoms with Gasteiger partial charge in [-0.1, -0.05) is 19.9 Å². The number of methoxy groups -OCH3 is 2. The molecule has 1 aromatic rings. The van der Waals surface area contributed by atoms with Crippen molar-refractivity contribution in [2.75, 3.05) is 46.7 Å². The molecule has 5 nitrogen and oxygen atoms in total. The predicted octanol–water partition coefficient (Wildman–Crippen LogP) is 3.51. The summed E-state index contributed by atoms with van der Waals surface area (Å²) in [5.41, 5.74) is 1.22. The maximum absolute atomic E-state index is 5.38. The molecule has 148 valence electrons. The summed E-state index contributed by atoms with van der Waals surface area (Å²) in [6.07, 6.45) is 0.912. The smallest absolute Gasteiger partial charge is 0.193 e. The van der Waals surface area contributed by atoms with Gasteiger partial charge in [0.2, 0.25) is 0 Å². The van der Waals surface area contributed by atoms with Crippen molar-refractivity contribution in [1.82, 2.24) is 10.2 Å². The molecule has 1 unspecified atom stereocenters. The quantitative estimate of drug-likeness (QED) is 0.374. The molecular formula is C19H32IN3O2S. The zero-order valence-electron chi connectivity index (χ0n) is 16.4. The van der Waals surface area contributed by atoms with Crippen molar-refractivity contribution >= 4 is 41.7 Å². The molecule has 0 saturated carbocycles. The Balaban J connectivity index is 0.00000338. The van der Waals surface area contributed by atoms with Crippen LogP contribution in [0, 0.1) is 5.92 Å². The van der Waals surface area contributed by atoms with Gasteiger partial charge < -0.3 is 19.7 Å². The van der Waals surface area contributed by atoms with E-state index in [0.717, 1.165) is 43.5 Å². The molecule has 0 aliphatic carbocycles. The minimum absolute atomic E-state index is 0. The highest BCUT2D eigenvalue weighted by Crippen LogP contribution is 2.27. The summed E-state index contributed by atoms with van der Waals surface area (Å²) in [6.45, 7) is 7.57. The number of rotatable bonds is 6. The monoisotopic (exact) mass is 493 g/mol. The Hall–Kier alpha value is -0.830. The Labute approximate surface area is 179 Å². The van der Waals surface area contributed by atoms with Crippen LogP contribution in [0.3, 0.4) is 0 Å². The number of hydrogen-bond acceptors (Lipinski definition) is 4. The molecule has 7 heteroatoms. The second-order valence-electron chi connectivity index (χ2n) is 6.51. The van der Waals surface area contributed by atoms with Crippen LogP contribution in [0.5, 0.6) is 11.5 Å². The lowest BCUT2D eigenvalue weighted by Gasteiger charge is -2.36. The third kappa shape index (κ3) is 6.40. The Morgan fingerprint density at radius 1 is 1.31 bits per heavy atom. The van der Waals surface area contributed by atoms with Gasteiger partial charge in [-0.05, 0) is 30.0 Å². The first-order chi connectivity index (χ1) is 12.1. The van der Waals surface area contributed by atoms with Gasteiger partial charge in [0.15, 0.2) is 17.5 Å². The second kappa shape index (κ2) is 11.8. The van der Waals surface area contributed by atoms with Gasteiger partial charge in [0.05, 0.1) is 14.2 Å². The highest BCUT2D eigenvalue weighted by Gasteiger charge is 2.24. The lowest BCUT2D eigenvalue weighted by molar-refractivity contribution is 0.354. The fourth-order valence-electron chi connectivity index (χ4n) is 2.96. The summed E-state index contributed by atoms with van der Waals surface area (Å²) in [5.74, 6) is 4.40. The fourth-order valence-corrected chi connectivity index (χ4v) is 4.26. The molecule has 1 atom stereocenters. The molecule has 1 aromatic carbocycles. The zero-order chi connectivity index (χ0) is 18.2. The SMILES string of the molecule is CN=C(NCCc1ccc(OC)c(OC)c1)N1CCSC(C(C)C)C1.I. The van der Waals surface area contributed by atoms with Crippen molar-refractivity contribution < 1.29 is 9.47 Å². The van der Waals surface area contributed by atoms with Crippen LogP contribution >= 0.6 is 35.7 Å². The number of nitrogens with one attached hydrogen (secondary N) is 1. The number of ether oxygens (including phenoxy) is 2. The van der Waals surface area contributed by atoms with E-state index in [1.807, 2.05) is 19.2 Å². The van der Waals surface area contributed by atoms with E-state index in [0.29, 0.717) is 11.2 Å². The van der Waals surface area contributed by atoms with E-state index < -0.39 is 0 Å². The van der Waals surface area contributed by atoms with E-state index in [1.54, 1.807) is 14.2 Å². The maximum Gasteiger partial charge on any atom is 0.193 e. The molecule has 0 aromatic heterocycles. The van der Waals surface area contributed by atoms with Gasteiger partial charge in [0.1, 0.15) is 0 Å². The van der Waals surface area contributed by atoms with Gasteiger partial charge in [-0.15, -0.1) is 24.0 Å². The molecule has 1 fully saturated rings. The van der Waals surface area contributed by atoms with Crippen LogP contribution in [-0.2, 0) is 6.42 Å². The molecule has 26 heavy (non-hydrogen) atoms. The van der Waals surface area contributed by atoms with Crippen molar-refractivity contribution in [2.24, 2.45) is 10.9 Å². The van der Waals surface area contributed by atoms with Crippen LogP contribution in [0.2, 0.25) is 0 Å². The molecule has 1 N–H and O–H groups in total. The Morgan fingerprint density at radius 2 is 2.04 bits per heavy atom. The maximum atomic E-state index is 5.38. The van der Waals surface area contributed by atoms with Gasteiger partial charge >= 0.3 is 0 Å². The molecule has 0 spiro atoms. The van der Waals surface area contributed by atoms with E-state index in [9.17, 15) is 0 Å². The number of aliphatic imine (C=N–C) groups is 1. The molecule has 0 bridgehead atoms. The summed E-state index contributed by atoms with van der Waals surface area (Å²) in [6, 6.07) is 6.08. The number of guanidine groups is 1. The van der Waals surface area contributed by atoms with E-state index in [-0.39, 0.29) is 24.0 Å². The number of thioether (sulfide) groups is 1. The third-order valence-electron chi connectivity index (χ3n) is 4.49. The number of hydrogen-bond donors (Lipinski definition) is 1. The number of benzene rings is 1. The first-order valence-corrected chi connectivity index (χ1v) is 9.92. The van der Waals surface area contributed by atoms with E-state index >= 15 is 0 Å². The minimum atomic E-state index is 0. The van der Waals surface area contributed by atoms with Crippen LogP contribution in [0.25, 0.3) is 0 Å². The van der Waals surface area contributed by atoms with E-state index in [2.05, 4.69) is 46.9 Å². The van der Waals surface area contributed by atoms with Crippen LogP contribution in [-0.4, -0.2) is 62.8 Å². The number of halogens is 1. The summed E-state index contributed by atoms with van der Waals surface area (Å²) >= 11 is 2.08. The molecule has 0 radical (unpaired) electrons. The first-order valence-electron chi connectivity index (χ1n) is 8.87. The van der Waals surface area contributed by atoms with E-state index in [4.69, 9.17) is 9.47 Å². The largest absolute Gasteiger partial charge is 0.493 e. The van der Waals surface area contributed by atoms with Crippen molar-refractivity contribution in [3.05, 3.63) is 23.8 Å². The van der Waals surface area contributed by atoms with Crippen LogP contribution in [0.15, 0.2) is 23.2 Å². The average Bonchev–Trinajstić information content (AvgIpc) is 2.65. The lowest BCUT2D eigenvalue weighted by atomic mass is 10.1.